The predicted molar refractivity (Wildman–Crippen MR) is 99.2 cm³/mol. The van der Waals surface area contributed by atoms with Gasteiger partial charge in [0.2, 0.25) is 10.0 Å². The average molecular weight is 392 g/mol. The molecule has 0 aromatic heterocycles. The fourth-order valence-corrected chi connectivity index (χ4v) is 2.80. The smallest absolute Gasteiger partial charge is 0.336 e. The van der Waals surface area contributed by atoms with Crippen molar-refractivity contribution in [2.45, 2.75) is 17.9 Å². The molecule has 0 amide bonds. The maximum absolute atomic E-state index is 12.8. The number of hydrogen-bond acceptors (Lipinski definition) is 7. The van der Waals surface area contributed by atoms with Crippen LogP contribution in [0.2, 0.25) is 0 Å². The Morgan fingerprint density at radius 3 is 2.15 bits per heavy atom. The van der Waals surface area contributed by atoms with Gasteiger partial charge in [0.25, 0.3) is 0 Å². The van der Waals surface area contributed by atoms with E-state index >= 15 is 0 Å². The third-order valence-electron chi connectivity index (χ3n) is 3.65. The molecular weight excluding hydrogens is 372 g/mol. The number of methoxy groups -OCH3 is 1. The zero-order valence-corrected chi connectivity index (χ0v) is 15.7. The summed E-state index contributed by atoms with van der Waals surface area (Å²) >= 11 is 0. The van der Waals surface area contributed by atoms with E-state index in [1.54, 1.807) is 31.2 Å². The fourth-order valence-electron chi connectivity index (χ4n) is 2.29. The Labute approximate surface area is 157 Å². The summed E-state index contributed by atoms with van der Waals surface area (Å²) in [6.45, 7) is 1.74. The van der Waals surface area contributed by atoms with Gasteiger partial charge >= 0.3 is 5.97 Å². The van der Waals surface area contributed by atoms with Gasteiger partial charge in [-0.3, -0.25) is 4.79 Å². The number of esters is 1. The van der Waals surface area contributed by atoms with Crippen molar-refractivity contribution in [3.05, 3.63) is 54.1 Å². The Bertz CT molecular complexity index is 908. The largest absolute Gasteiger partial charge is 0.497 e. The third-order valence-corrected chi connectivity index (χ3v) is 4.58. The highest BCUT2D eigenvalue weighted by Crippen LogP contribution is 2.18. The van der Waals surface area contributed by atoms with E-state index in [-0.39, 0.29) is 11.5 Å². The summed E-state index contributed by atoms with van der Waals surface area (Å²) in [7, 11) is -2.33. The minimum Gasteiger partial charge on any atom is -0.497 e. The average Bonchev–Trinajstić information content (AvgIpc) is 2.65. The van der Waals surface area contributed by atoms with Crippen LogP contribution in [-0.2, 0) is 19.6 Å². The molecule has 9 heteroatoms. The molecule has 0 saturated carbocycles. The SMILES string of the molecule is CCOC(=O)C(Nc1ccc(S(N)(=O)=O)cc1)C(=O)c1ccc(OC)cc1. The number of rotatable bonds is 8. The molecular formula is C18H20N2O6S. The highest BCUT2D eigenvalue weighted by molar-refractivity contribution is 7.89. The molecule has 0 fully saturated rings. The van der Waals surface area contributed by atoms with E-state index in [0.717, 1.165) is 0 Å². The lowest BCUT2D eigenvalue weighted by Gasteiger charge is -2.18. The van der Waals surface area contributed by atoms with Crippen molar-refractivity contribution in [2.24, 2.45) is 5.14 Å². The molecule has 1 unspecified atom stereocenters. The number of nitrogens with one attached hydrogen (secondary N) is 1. The zero-order valence-electron chi connectivity index (χ0n) is 14.8. The second kappa shape index (κ2) is 8.65. The lowest BCUT2D eigenvalue weighted by atomic mass is 10.0. The summed E-state index contributed by atoms with van der Waals surface area (Å²) in [6.07, 6.45) is 0. The molecule has 0 heterocycles. The van der Waals surface area contributed by atoms with Crippen LogP contribution >= 0.6 is 0 Å². The van der Waals surface area contributed by atoms with E-state index < -0.39 is 27.8 Å². The number of Topliss-reactive ketones (excluding diaryl/α,β-unsaturated/α-hetero) is 1. The number of ether oxygens (including phenoxy) is 2. The van der Waals surface area contributed by atoms with Crippen molar-refractivity contribution >= 4 is 27.5 Å². The van der Waals surface area contributed by atoms with Gasteiger partial charge < -0.3 is 14.8 Å². The number of sulfonamides is 1. The second-order valence-corrected chi connectivity index (χ2v) is 7.05. The lowest BCUT2D eigenvalue weighted by Crippen LogP contribution is -2.39. The van der Waals surface area contributed by atoms with E-state index in [1.807, 2.05) is 0 Å². The standard InChI is InChI=1S/C18H20N2O6S/c1-3-26-18(22)16(17(21)12-4-8-14(25-2)9-5-12)20-13-6-10-15(11-7-13)27(19,23)24/h4-11,16,20H,3H2,1-2H3,(H2,19,23,24). The summed E-state index contributed by atoms with van der Waals surface area (Å²) in [4.78, 5) is 25.0. The number of primary sulfonamides is 1. The van der Waals surface area contributed by atoms with Crippen LogP contribution in [0, 0.1) is 0 Å². The molecule has 0 saturated heterocycles. The number of carbonyl (C=O) groups excluding carboxylic acids is 2. The van der Waals surface area contributed by atoms with Crippen molar-refractivity contribution in [2.75, 3.05) is 19.0 Å². The summed E-state index contributed by atoms with van der Waals surface area (Å²) in [5, 5.41) is 7.84. The molecule has 0 radical (unpaired) electrons. The monoisotopic (exact) mass is 392 g/mol. The Kier molecular flexibility index (Phi) is 6.54. The predicted octanol–water partition coefficient (Wildman–Crippen LogP) is 1.57. The molecule has 144 valence electrons. The van der Waals surface area contributed by atoms with Crippen molar-refractivity contribution < 1.29 is 27.5 Å². The normalized spacial score (nSPS) is 12.1. The Balaban J connectivity index is 2.28. The van der Waals surface area contributed by atoms with Gasteiger partial charge in [-0.1, -0.05) is 0 Å². The molecule has 2 aromatic rings. The first-order valence-corrected chi connectivity index (χ1v) is 9.55. The second-order valence-electron chi connectivity index (χ2n) is 5.49. The van der Waals surface area contributed by atoms with Gasteiger partial charge in [-0.25, -0.2) is 18.4 Å². The Morgan fingerprint density at radius 1 is 1.07 bits per heavy atom. The first kappa shape index (κ1) is 20.4. The number of nitrogens with two attached hydrogens (primary N) is 1. The van der Waals surface area contributed by atoms with Crippen LogP contribution < -0.4 is 15.2 Å². The van der Waals surface area contributed by atoms with Crippen LogP contribution in [-0.4, -0.2) is 39.9 Å². The highest BCUT2D eigenvalue weighted by Gasteiger charge is 2.29. The summed E-state index contributed by atoms with van der Waals surface area (Å²) in [5.41, 5.74) is 0.657. The maximum Gasteiger partial charge on any atom is 0.336 e. The molecule has 27 heavy (non-hydrogen) atoms. The molecule has 2 aromatic carbocycles. The van der Waals surface area contributed by atoms with Crippen LogP contribution in [0.3, 0.4) is 0 Å². The summed E-state index contributed by atoms with van der Waals surface area (Å²) in [5.74, 6) is -0.661. The summed E-state index contributed by atoms with van der Waals surface area (Å²) in [6, 6.07) is 10.4. The van der Waals surface area contributed by atoms with E-state index in [1.165, 1.54) is 31.4 Å². The van der Waals surface area contributed by atoms with Crippen LogP contribution in [0.25, 0.3) is 0 Å². The van der Waals surface area contributed by atoms with Crippen LogP contribution in [0.4, 0.5) is 5.69 Å². The van der Waals surface area contributed by atoms with Crippen LogP contribution in [0.1, 0.15) is 17.3 Å². The molecule has 8 nitrogen and oxygen atoms in total. The molecule has 0 spiro atoms. The quantitative estimate of drug-likeness (QED) is 0.397. The van der Waals surface area contributed by atoms with Crippen LogP contribution in [0.15, 0.2) is 53.4 Å². The number of carbonyl (C=O) groups is 2. The van der Waals surface area contributed by atoms with Crippen molar-refractivity contribution in [1.29, 1.82) is 0 Å². The zero-order chi connectivity index (χ0) is 20.0. The first-order valence-electron chi connectivity index (χ1n) is 8.00. The van der Waals surface area contributed by atoms with Gasteiger partial charge in [0.15, 0.2) is 11.8 Å². The molecule has 0 aliphatic carbocycles. The fraction of sp³-hybridized carbons (Fsp3) is 0.222. The van der Waals surface area contributed by atoms with E-state index in [4.69, 9.17) is 14.6 Å². The molecule has 0 bridgehead atoms. The third kappa shape index (κ3) is 5.28. The molecule has 1 atom stereocenters. The Hall–Kier alpha value is -2.91. The molecule has 0 aliphatic rings. The van der Waals surface area contributed by atoms with Gasteiger partial charge in [-0.05, 0) is 55.5 Å². The van der Waals surface area contributed by atoms with Gasteiger partial charge in [0.05, 0.1) is 18.6 Å². The molecule has 2 rings (SSSR count). The highest BCUT2D eigenvalue weighted by atomic mass is 32.2. The van der Waals surface area contributed by atoms with E-state index in [2.05, 4.69) is 5.32 Å². The van der Waals surface area contributed by atoms with Crippen molar-refractivity contribution in [3.8, 4) is 5.75 Å². The van der Waals surface area contributed by atoms with Crippen molar-refractivity contribution in [3.63, 3.8) is 0 Å². The molecule has 0 aliphatic heterocycles. The molecule has 3 N–H and O–H groups in total. The Morgan fingerprint density at radius 2 is 1.67 bits per heavy atom. The van der Waals surface area contributed by atoms with Gasteiger partial charge in [-0.2, -0.15) is 0 Å². The van der Waals surface area contributed by atoms with E-state index in [9.17, 15) is 18.0 Å². The number of benzene rings is 2. The summed E-state index contributed by atoms with van der Waals surface area (Å²) < 4.78 is 32.7. The lowest BCUT2D eigenvalue weighted by molar-refractivity contribution is -0.142. The number of ketones is 1. The van der Waals surface area contributed by atoms with Gasteiger partial charge in [0, 0.05) is 11.3 Å². The van der Waals surface area contributed by atoms with Gasteiger partial charge in [0.1, 0.15) is 5.75 Å². The number of hydrogen-bond donors (Lipinski definition) is 2. The topological polar surface area (TPSA) is 125 Å². The maximum atomic E-state index is 12.8. The van der Waals surface area contributed by atoms with E-state index in [0.29, 0.717) is 17.0 Å². The minimum atomic E-state index is -3.84. The van der Waals surface area contributed by atoms with Crippen molar-refractivity contribution in [1.82, 2.24) is 0 Å². The first-order chi connectivity index (χ1) is 12.8. The minimum absolute atomic E-state index is 0.0813. The van der Waals surface area contributed by atoms with Crippen LogP contribution in [0.5, 0.6) is 5.75 Å². The number of anilines is 1. The van der Waals surface area contributed by atoms with Gasteiger partial charge in [-0.15, -0.1) is 0 Å².